The molecule has 2 unspecified atom stereocenters. The second-order valence-electron chi connectivity index (χ2n) is 5.63. The number of Topliss-reactive ketones (excluding diaryl/α,β-unsaturated/α-hetero) is 1. The highest BCUT2D eigenvalue weighted by molar-refractivity contribution is 5.86. The van der Waals surface area contributed by atoms with E-state index in [1.807, 2.05) is 0 Å². The van der Waals surface area contributed by atoms with Crippen molar-refractivity contribution < 1.29 is 4.79 Å². The number of allylic oxidation sites excluding steroid dienone is 2. The molecule has 2 rings (SSSR count). The van der Waals surface area contributed by atoms with E-state index >= 15 is 0 Å². The summed E-state index contributed by atoms with van der Waals surface area (Å²) >= 11 is 0. The van der Waals surface area contributed by atoms with Crippen molar-refractivity contribution in [3.63, 3.8) is 0 Å². The third-order valence-electron chi connectivity index (χ3n) is 3.74. The van der Waals surface area contributed by atoms with Crippen LogP contribution in [0.15, 0.2) is 12.2 Å². The summed E-state index contributed by atoms with van der Waals surface area (Å²) in [6.07, 6.45) is 7.79. The SMILES string of the molecule is CC1C=CCC(C)(C)C1C(=O)C1CC1. The van der Waals surface area contributed by atoms with Gasteiger partial charge in [-0.25, -0.2) is 0 Å². The average molecular weight is 192 g/mol. The Kier molecular flexibility index (Phi) is 2.29. The fourth-order valence-corrected chi connectivity index (χ4v) is 2.80. The van der Waals surface area contributed by atoms with E-state index in [-0.39, 0.29) is 11.3 Å². The second kappa shape index (κ2) is 3.22. The summed E-state index contributed by atoms with van der Waals surface area (Å²) in [5, 5.41) is 0. The standard InChI is InChI=1S/C13H20O/c1-9-5-4-8-13(2,3)11(9)12(14)10-6-7-10/h4-5,9-11H,6-8H2,1-3H3. The van der Waals surface area contributed by atoms with E-state index in [9.17, 15) is 4.79 Å². The van der Waals surface area contributed by atoms with Gasteiger partial charge in [0.05, 0.1) is 0 Å². The Morgan fingerprint density at radius 1 is 1.36 bits per heavy atom. The summed E-state index contributed by atoms with van der Waals surface area (Å²) in [7, 11) is 0. The molecule has 0 saturated heterocycles. The first-order valence-corrected chi connectivity index (χ1v) is 5.73. The van der Waals surface area contributed by atoms with Gasteiger partial charge in [0.15, 0.2) is 0 Å². The molecular formula is C13H20O. The summed E-state index contributed by atoms with van der Waals surface area (Å²) in [4.78, 5) is 12.2. The Morgan fingerprint density at radius 3 is 2.50 bits per heavy atom. The summed E-state index contributed by atoms with van der Waals surface area (Å²) in [6.45, 7) is 6.65. The molecule has 2 aliphatic rings. The molecule has 0 radical (unpaired) electrons. The van der Waals surface area contributed by atoms with Crippen LogP contribution in [0.3, 0.4) is 0 Å². The van der Waals surface area contributed by atoms with Crippen LogP contribution < -0.4 is 0 Å². The fraction of sp³-hybridized carbons (Fsp3) is 0.769. The van der Waals surface area contributed by atoms with E-state index in [1.165, 1.54) is 0 Å². The largest absolute Gasteiger partial charge is 0.299 e. The lowest BCUT2D eigenvalue weighted by Gasteiger charge is -2.38. The van der Waals surface area contributed by atoms with Gasteiger partial charge in [0, 0.05) is 11.8 Å². The first-order chi connectivity index (χ1) is 6.52. The maximum Gasteiger partial charge on any atom is 0.140 e. The molecule has 1 nitrogen and oxygen atoms in total. The molecule has 2 aliphatic carbocycles. The van der Waals surface area contributed by atoms with Gasteiger partial charge in [-0.15, -0.1) is 0 Å². The molecule has 1 heteroatoms. The lowest BCUT2D eigenvalue weighted by atomic mass is 9.64. The van der Waals surface area contributed by atoms with Crippen molar-refractivity contribution in [2.75, 3.05) is 0 Å². The normalized spacial score (nSPS) is 35.6. The van der Waals surface area contributed by atoms with Crippen LogP contribution in [-0.4, -0.2) is 5.78 Å². The average Bonchev–Trinajstić information content (AvgIpc) is 2.83. The van der Waals surface area contributed by atoms with Crippen LogP contribution in [0.1, 0.15) is 40.0 Å². The van der Waals surface area contributed by atoms with Crippen molar-refractivity contribution in [3.05, 3.63) is 12.2 Å². The first kappa shape index (κ1) is 9.95. The molecule has 0 heterocycles. The van der Waals surface area contributed by atoms with Crippen LogP contribution in [0.2, 0.25) is 0 Å². The number of hydrogen-bond acceptors (Lipinski definition) is 1. The highest BCUT2D eigenvalue weighted by atomic mass is 16.1. The van der Waals surface area contributed by atoms with E-state index in [4.69, 9.17) is 0 Å². The van der Waals surface area contributed by atoms with Crippen LogP contribution in [0, 0.1) is 23.2 Å². The molecule has 14 heavy (non-hydrogen) atoms. The van der Waals surface area contributed by atoms with Gasteiger partial charge in [0.2, 0.25) is 0 Å². The molecule has 0 bridgehead atoms. The number of rotatable bonds is 2. The van der Waals surface area contributed by atoms with Crippen LogP contribution in [0.4, 0.5) is 0 Å². The molecule has 1 fully saturated rings. The monoisotopic (exact) mass is 192 g/mol. The lowest BCUT2D eigenvalue weighted by molar-refractivity contribution is -0.129. The number of ketones is 1. The van der Waals surface area contributed by atoms with Crippen molar-refractivity contribution >= 4 is 5.78 Å². The number of hydrogen-bond donors (Lipinski definition) is 0. The highest BCUT2D eigenvalue weighted by Gasteiger charge is 2.44. The zero-order valence-electron chi connectivity index (χ0n) is 9.42. The Hall–Kier alpha value is -0.590. The van der Waals surface area contributed by atoms with Crippen LogP contribution in [0.25, 0.3) is 0 Å². The summed E-state index contributed by atoms with van der Waals surface area (Å²) in [6, 6.07) is 0. The van der Waals surface area contributed by atoms with Crippen molar-refractivity contribution in [3.8, 4) is 0 Å². The van der Waals surface area contributed by atoms with Crippen LogP contribution in [0.5, 0.6) is 0 Å². The first-order valence-electron chi connectivity index (χ1n) is 5.73. The second-order valence-corrected chi connectivity index (χ2v) is 5.63. The lowest BCUT2D eigenvalue weighted by Crippen LogP contribution is -2.38. The number of carbonyl (C=O) groups excluding carboxylic acids is 1. The van der Waals surface area contributed by atoms with Gasteiger partial charge in [0.1, 0.15) is 5.78 Å². The van der Waals surface area contributed by atoms with E-state index in [1.54, 1.807) is 0 Å². The maximum absolute atomic E-state index is 12.2. The fourth-order valence-electron chi connectivity index (χ4n) is 2.80. The molecule has 0 N–H and O–H groups in total. The predicted molar refractivity (Wildman–Crippen MR) is 57.9 cm³/mol. The zero-order chi connectivity index (χ0) is 10.3. The quantitative estimate of drug-likeness (QED) is 0.614. The molecule has 0 aromatic rings. The van der Waals surface area contributed by atoms with Gasteiger partial charge >= 0.3 is 0 Å². The van der Waals surface area contributed by atoms with Crippen molar-refractivity contribution in [1.29, 1.82) is 0 Å². The molecule has 1 saturated carbocycles. The third kappa shape index (κ3) is 1.65. The zero-order valence-corrected chi connectivity index (χ0v) is 9.42. The minimum absolute atomic E-state index is 0.174. The van der Waals surface area contributed by atoms with Crippen molar-refractivity contribution in [2.24, 2.45) is 23.2 Å². The van der Waals surface area contributed by atoms with Gasteiger partial charge < -0.3 is 0 Å². The van der Waals surface area contributed by atoms with E-state index in [0.717, 1.165) is 19.3 Å². The highest BCUT2D eigenvalue weighted by Crippen LogP contribution is 2.45. The third-order valence-corrected chi connectivity index (χ3v) is 3.74. The molecule has 0 spiro atoms. The number of carbonyl (C=O) groups is 1. The molecule has 0 aromatic carbocycles. The van der Waals surface area contributed by atoms with Gasteiger partial charge in [-0.05, 0) is 30.6 Å². The van der Waals surface area contributed by atoms with Gasteiger partial charge in [0.25, 0.3) is 0 Å². The van der Waals surface area contributed by atoms with E-state index < -0.39 is 0 Å². The molecule has 0 aromatic heterocycles. The predicted octanol–water partition coefficient (Wildman–Crippen LogP) is 3.20. The minimum atomic E-state index is 0.174. The van der Waals surface area contributed by atoms with Crippen molar-refractivity contribution in [1.82, 2.24) is 0 Å². The van der Waals surface area contributed by atoms with Crippen molar-refractivity contribution in [2.45, 2.75) is 40.0 Å². The molecular weight excluding hydrogens is 172 g/mol. The topological polar surface area (TPSA) is 17.1 Å². The van der Waals surface area contributed by atoms with E-state index in [2.05, 4.69) is 32.9 Å². The van der Waals surface area contributed by atoms with E-state index in [0.29, 0.717) is 17.6 Å². The molecule has 0 amide bonds. The molecule has 2 atom stereocenters. The minimum Gasteiger partial charge on any atom is -0.299 e. The van der Waals surface area contributed by atoms with Gasteiger partial charge in [-0.1, -0.05) is 32.9 Å². The summed E-state index contributed by atoms with van der Waals surface area (Å²) in [5.74, 6) is 1.65. The Labute approximate surface area is 86.6 Å². The molecule has 78 valence electrons. The maximum atomic E-state index is 12.2. The van der Waals surface area contributed by atoms with Crippen LogP contribution >= 0.6 is 0 Å². The Balaban J connectivity index is 2.20. The summed E-state index contributed by atoms with van der Waals surface area (Å²) in [5.41, 5.74) is 0.174. The Bertz CT molecular complexity index is 271. The van der Waals surface area contributed by atoms with Gasteiger partial charge in [-0.3, -0.25) is 4.79 Å². The summed E-state index contributed by atoms with van der Waals surface area (Å²) < 4.78 is 0. The molecule has 0 aliphatic heterocycles. The smallest absolute Gasteiger partial charge is 0.140 e. The van der Waals surface area contributed by atoms with Gasteiger partial charge in [-0.2, -0.15) is 0 Å². The van der Waals surface area contributed by atoms with Crippen LogP contribution in [-0.2, 0) is 4.79 Å². The Morgan fingerprint density at radius 2 is 2.00 bits per heavy atom.